The molecule has 0 aliphatic heterocycles. The number of aromatic nitrogens is 4. The van der Waals surface area contributed by atoms with Crippen LogP contribution in [0.2, 0.25) is 0 Å². The van der Waals surface area contributed by atoms with E-state index in [1.165, 1.54) is 29.9 Å². The Morgan fingerprint density at radius 2 is 1.92 bits per heavy atom. The van der Waals surface area contributed by atoms with Crippen molar-refractivity contribution in [2.24, 2.45) is 0 Å². The van der Waals surface area contributed by atoms with Crippen molar-refractivity contribution >= 4 is 16.8 Å². The predicted octanol–water partition coefficient (Wildman–Crippen LogP) is 2.53. The number of nitrogens with zero attached hydrogens (tertiary/aromatic N) is 3. The quantitative estimate of drug-likeness (QED) is 0.732. The number of benzene rings is 1. The van der Waals surface area contributed by atoms with Gasteiger partial charge in [0.25, 0.3) is 5.56 Å². The maximum absolute atomic E-state index is 12.4. The first-order valence-electron chi connectivity index (χ1n) is 7.33. The molecule has 0 fully saturated rings. The fourth-order valence-corrected chi connectivity index (χ4v) is 2.65. The minimum atomic E-state index is -2.91. The van der Waals surface area contributed by atoms with Crippen LogP contribution in [0.25, 0.3) is 16.7 Å². The number of aromatic amines is 1. The molecule has 3 rings (SSSR count). The number of hydrogen-bond donors (Lipinski definition) is 1. The van der Waals surface area contributed by atoms with Gasteiger partial charge in [0.05, 0.1) is 5.69 Å². The molecule has 25 heavy (non-hydrogen) atoms. The number of fused-ring (bicyclic) bond motifs is 1. The van der Waals surface area contributed by atoms with Crippen LogP contribution in [0, 0.1) is 13.8 Å². The number of aryl methyl sites for hydroxylation is 2. The van der Waals surface area contributed by atoms with Crippen molar-refractivity contribution in [3.63, 3.8) is 0 Å². The lowest BCUT2D eigenvalue weighted by atomic mass is 10.1. The fraction of sp³-hybridized carbons (Fsp3) is 0.250. The zero-order chi connectivity index (χ0) is 18.3. The first-order valence-corrected chi connectivity index (χ1v) is 7.33. The molecule has 0 spiro atoms. The third kappa shape index (κ3) is 3.12. The second-order valence-electron chi connectivity index (χ2n) is 5.57. The largest absolute Gasteiger partial charge is 0.435 e. The lowest BCUT2D eigenvalue weighted by Crippen LogP contribution is -2.13. The van der Waals surface area contributed by atoms with E-state index in [1.807, 2.05) is 0 Å². The van der Waals surface area contributed by atoms with Crippen LogP contribution in [-0.2, 0) is 0 Å². The Bertz CT molecular complexity index is 1020. The van der Waals surface area contributed by atoms with E-state index in [4.69, 9.17) is 0 Å². The summed E-state index contributed by atoms with van der Waals surface area (Å²) in [5, 5.41) is 4.46. The Morgan fingerprint density at radius 3 is 2.48 bits per heavy atom. The molecule has 9 heteroatoms. The predicted molar refractivity (Wildman–Crippen MR) is 85.6 cm³/mol. The van der Waals surface area contributed by atoms with Gasteiger partial charge in [-0.2, -0.15) is 8.78 Å². The zero-order valence-corrected chi connectivity index (χ0v) is 13.6. The summed E-state index contributed by atoms with van der Waals surface area (Å²) in [4.78, 5) is 29.9. The Morgan fingerprint density at radius 1 is 1.28 bits per heavy atom. The number of alkyl halides is 2. The first kappa shape index (κ1) is 16.7. The Labute approximate surface area is 140 Å². The Balaban J connectivity index is 2.15. The van der Waals surface area contributed by atoms with Gasteiger partial charge in [0, 0.05) is 13.1 Å². The van der Waals surface area contributed by atoms with Gasteiger partial charge in [-0.3, -0.25) is 9.59 Å². The van der Waals surface area contributed by atoms with E-state index in [9.17, 15) is 18.4 Å². The molecule has 0 atom stereocenters. The second-order valence-corrected chi connectivity index (χ2v) is 5.57. The number of Topliss-reactive ketones (excluding diaryl/α,β-unsaturated/α-hetero) is 1. The van der Waals surface area contributed by atoms with Crippen LogP contribution in [0.1, 0.15) is 28.7 Å². The van der Waals surface area contributed by atoms with Gasteiger partial charge in [0.2, 0.25) is 0 Å². The molecule has 0 radical (unpaired) electrons. The van der Waals surface area contributed by atoms with Gasteiger partial charge in [-0.25, -0.2) is 9.67 Å². The Kier molecular flexibility index (Phi) is 4.07. The minimum Gasteiger partial charge on any atom is -0.435 e. The summed E-state index contributed by atoms with van der Waals surface area (Å²) < 4.78 is 30.6. The van der Waals surface area contributed by atoms with Gasteiger partial charge in [-0.15, -0.1) is 5.10 Å². The lowest BCUT2D eigenvalue weighted by molar-refractivity contribution is -0.0498. The van der Waals surface area contributed by atoms with Gasteiger partial charge in [0.1, 0.15) is 11.1 Å². The topological polar surface area (TPSA) is 89.9 Å². The average molecular weight is 348 g/mol. The summed E-state index contributed by atoms with van der Waals surface area (Å²) in [6, 6.07) is 2.92. The van der Waals surface area contributed by atoms with Crippen LogP contribution >= 0.6 is 0 Å². The van der Waals surface area contributed by atoms with Crippen molar-refractivity contribution in [1.82, 2.24) is 19.7 Å². The maximum atomic E-state index is 12.4. The summed E-state index contributed by atoms with van der Waals surface area (Å²) in [7, 11) is 0. The number of ketones is 1. The molecule has 0 unspecified atom stereocenters. The number of hydrogen-bond acceptors (Lipinski definition) is 5. The molecular formula is C16H14F2N4O3. The summed E-state index contributed by atoms with van der Waals surface area (Å²) in [6.07, 6.45) is 1.48. The van der Waals surface area contributed by atoms with Crippen molar-refractivity contribution in [2.75, 3.05) is 0 Å². The van der Waals surface area contributed by atoms with E-state index >= 15 is 0 Å². The van der Waals surface area contributed by atoms with Gasteiger partial charge in [0.15, 0.2) is 17.3 Å². The van der Waals surface area contributed by atoms with Crippen molar-refractivity contribution < 1.29 is 18.3 Å². The highest BCUT2D eigenvalue weighted by molar-refractivity contribution is 5.91. The highest BCUT2D eigenvalue weighted by Gasteiger charge is 2.15. The standard InChI is InChI=1S/C16H14F2N4O3/c1-7-4-10(25-16(17)18)5-8(2)12(7)22-6-11-14(21-22)19-13(9(3)23)20-15(11)24/h4-6,16H,1-3H3,(H,19,20,21,24). The SMILES string of the molecule is CC(=O)c1nc2nn(-c3c(C)cc(OC(F)F)cc3C)cc2c(=O)[nH]1. The normalized spacial score (nSPS) is 11.3. The molecule has 0 aliphatic rings. The highest BCUT2D eigenvalue weighted by atomic mass is 19.3. The molecule has 0 aliphatic carbocycles. The molecule has 3 aromatic rings. The van der Waals surface area contributed by atoms with E-state index in [0.29, 0.717) is 16.8 Å². The number of halogens is 2. The molecule has 0 bridgehead atoms. The Hall–Kier alpha value is -3.10. The van der Waals surface area contributed by atoms with Crippen LogP contribution in [0.5, 0.6) is 5.75 Å². The third-order valence-electron chi connectivity index (χ3n) is 3.64. The number of nitrogens with one attached hydrogen (secondary N) is 1. The number of H-pyrrole nitrogens is 1. The molecule has 130 valence electrons. The number of carbonyl (C=O) groups is 1. The van der Waals surface area contributed by atoms with Gasteiger partial charge in [-0.05, 0) is 37.1 Å². The van der Waals surface area contributed by atoms with E-state index in [0.717, 1.165) is 0 Å². The average Bonchev–Trinajstić information content (AvgIpc) is 2.89. The summed E-state index contributed by atoms with van der Waals surface area (Å²) >= 11 is 0. The van der Waals surface area contributed by atoms with Gasteiger partial charge in [-0.1, -0.05) is 0 Å². The zero-order valence-electron chi connectivity index (χ0n) is 13.6. The van der Waals surface area contributed by atoms with Crippen LogP contribution in [-0.4, -0.2) is 32.1 Å². The first-order chi connectivity index (χ1) is 11.8. The van der Waals surface area contributed by atoms with Gasteiger partial charge < -0.3 is 9.72 Å². The van der Waals surface area contributed by atoms with Crippen molar-refractivity contribution in [3.8, 4) is 11.4 Å². The highest BCUT2D eigenvalue weighted by Crippen LogP contribution is 2.26. The molecule has 0 amide bonds. The molecule has 1 N–H and O–H groups in total. The number of ether oxygens (including phenoxy) is 1. The van der Waals surface area contributed by atoms with E-state index in [1.54, 1.807) is 13.8 Å². The maximum Gasteiger partial charge on any atom is 0.387 e. The lowest BCUT2D eigenvalue weighted by Gasteiger charge is -2.12. The molecule has 2 aromatic heterocycles. The fourth-order valence-electron chi connectivity index (χ4n) is 2.65. The molecule has 0 saturated carbocycles. The van der Waals surface area contributed by atoms with E-state index < -0.39 is 12.2 Å². The molecule has 0 saturated heterocycles. The molecule has 7 nitrogen and oxygen atoms in total. The number of carbonyl (C=O) groups excluding carboxylic acids is 1. The van der Waals surface area contributed by atoms with Crippen LogP contribution in [0.15, 0.2) is 23.1 Å². The van der Waals surface area contributed by atoms with Crippen molar-refractivity contribution in [3.05, 3.63) is 45.6 Å². The third-order valence-corrected chi connectivity index (χ3v) is 3.64. The summed E-state index contributed by atoms with van der Waals surface area (Å²) in [5.41, 5.74) is 1.52. The smallest absolute Gasteiger partial charge is 0.387 e. The van der Waals surface area contributed by atoms with Crippen molar-refractivity contribution in [2.45, 2.75) is 27.4 Å². The molecular weight excluding hydrogens is 334 g/mol. The second kappa shape index (κ2) is 6.08. The molecule has 2 heterocycles. The van der Waals surface area contributed by atoms with Crippen molar-refractivity contribution in [1.29, 1.82) is 0 Å². The van der Waals surface area contributed by atoms with Crippen LogP contribution in [0.3, 0.4) is 0 Å². The van der Waals surface area contributed by atoms with Gasteiger partial charge >= 0.3 is 6.61 Å². The van der Waals surface area contributed by atoms with E-state index in [2.05, 4.69) is 19.8 Å². The van der Waals surface area contributed by atoms with Crippen LogP contribution in [0.4, 0.5) is 8.78 Å². The summed E-state index contributed by atoms with van der Waals surface area (Å²) in [6.45, 7) is 1.80. The summed E-state index contributed by atoms with van der Waals surface area (Å²) in [5.74, 6) is -0.411. The van der Waals surface area contributed by atoms with E-state index in [-0.39, 0.29) is 28.4 Å². The minimum absolute atomic E-state index is 0.0419. The van der Waals surface area contributed by atoms with Crippen LogP contribution < -0.4 is 10.3 Å². The molecule has 1 aromatic carbocycles. The monoisotopic (exact) mass is 348 g/mol. The number of rotatable bonds is 4.